The molecular formula is C28H32BrN5O5. The molecular weight excluding hydrogens is 566 g/mol. The van der Waals surface area contributed by atoms with E-state index in [1.807, 2.05) is 36.7 Å². The van der Waals surface area contributed by atoms with Crippen molar-refractivity contribution < 1.29 is 24.5 Å². The van der Waals surface area contributed by atoms with Gasteiger partial charge < -0.3 is 25.4 Å². The molecule has 0 aliphatic heterocycles. The van der Waals surface area contributed by atoms with Gasteiger partial charge in [-0.25, -0.2) is 9.78 Å². The lowest BCUT2D eigenvalue weighted by Crippen LogP contribution is -2.20. The fourth-order valence-corrected chi connectivity index (χ4v) is 5.40. The molecule has 0 unspecified atom stereocenters. The Bertz CT molecular complexity index is 1370. The van der Waals surface area contributed by atoms with Gasteiger partial charge in [0.15, 0.2) is 5.65 Å². The molecule has 5 rings (SSSR count). The molecule has 4 aromatic rings. The monoisotopic (exact) mass is 597 g/mol. The highest BCUT2D eigenvalue weighted by atomic mass is 79.9. The number of nitrogen functional groups attached to an aromatic ring is 1. The summed E-state index contributed by atoms with van der Waals surface area (Å²) in [5.74, 6) is 1.52. The fraction of sp³-hybridized carbons (Fsp3) is 0.357. The van der Waals surface area contributed by atoms with E-state index in [9.17, 15) is 0 Å². The van der Waals surface area contributed by atoms with Crippen LogP contribution in [0.1, 0.15) is 37.3 Å². The van der Waals surface area contributed by atoms with Gasteiger partial charge >= 0.3 is 6.16 Å². The van der Waals surface area contributed by atoms with Crippen molar-refractivity contribution in [3.05, 3.63) is 65.0 Å². The summed E-state index contributed by atoms with van der Waals surface area (Å²) < 4.78 is 13.4. The number of methoxy groups -OCH3 is 1. The molecule has 4 N–H and O–H groups in total. The third-order valence-corrected chi connectivity index (χ3v) is 7.62. The van der Waals surface area contributed by atoms with Crippen molar-refractivity contribution >= 4 is 33.6 Å². The Labute approximate surface area is 234 Å². The number of aromatic nitrogens is 4. The van der Waals surface area contributed by atoms with Crippen molar-refractivity contribution in [3.63, 3.8) is 0 Å². The minimum absolute atomic E-state index is 0.355. The maximum Gasteiger partial charge on any atom is 0.503 e. The van der Waals surface area contributed by atoms with Crippen LogP contribution in [0.3, 0.4) is 0 Å². The highest BCUT2D eigenvalue weighted by molar-refractivity contribution is 9.10. The predicted molar refractivity (Wildman–Crippen MR) is 152 cm³/mol. The summed E-state index contributed by atoms with van der Waals surface area (Å²) in [4.78, 5) is 18.3. The molecule has 10 nitrogen and oxygen atoms in total. The Kier molecular flexibility index (Phi) is 9.85. The molecule has 0 saturated heterocycles. The lowest BCUT2D eigenvalue weighted by Gasteiger charge is -2.29. The van der Waals surface area contributed by atoms with Crippen LogP contribution in [0.25, 0.3) is 28.0 Å². The van der Waals surface area contributed by atoms with Crippen molar-refractivity contribution in [1.29, 1.82) is 0 Å². The summed E-state index contributed by atoms with van der Waals surface area (Å²) in [5, 5.41) is 18.5. The van der Waals surface area contributed by atoms with Crippen molar-refractivity contribution in [2.75, 3.05) is 32.7 Å². The van der Waals surface area contributed by atoms with Gasteiger partial charge in [0.2, 0.25) is 0 Å². The number of nitrogens with two attached hydrogens (primary N) is 1. The van der Waals surface area contributed by atoms with E-state index < -0.39 is 6.16 Å². The number of ether oxygens (including phenoxy) is 2. The molecule has 0 amide bonds. The first kappa shape index (κ1) is 28.5. The number of nitrogens with zero attached hydrogens (tertiary/aromatic N) is 4. The summed E-state index contributed by atoms with van der Waals surface area (Å²) in [5.41, 5.74) is 12.2. The molecule has 0 atom stereocenters. The van der Waals surface area contributed by atoms with Crippen molar-refractivity contribution in [2.24, 2.45) is 5.92 Å². The van der Waals surface area contributed by atoms with Gasteiger partial charge in [-0.15, -0.1) is 0 Å². The lowest BCUT2D eigenvalue weighted by atomic mass is 9.80. The summed E-state index contributed by atoms with van der Waals surface area (Å²) >= 11 is 3.71. The number of hydrogen-bond acceptors (Lipinski definition) is 7. The van der Waals surface area contributed by atoms with Crippen LogP contribution < -0.4 is 5.73 Å². The summed E-state index contributed by atoms with van der Waals surface area (Å²) in [6, 6.07) is 14.3. The van der Waals surface area contributed by atoms with Gasteiger partial charge in [0.05, 0.1) is 35.3 Å². The maximum atomic E-state index is 8.56. The van der Waals surface area contributed by atoms with Crippen LogP contribution in [0.15, 0.2) is 59.3 Å². The topological polar surface area (TPSA) is 145 Å². The van der Waals surface area contributed by atoms with Gasteiger partial charge in [-0.05, 0) is 53.6 Å². The second-order valence-corrected chi connectivity index (χ2v) is 10.1. The van der Waals surface area contributed by atoms with Gasteiger partial charge in [0, 0.05) is 42.5 Å². The fourth-order valence-electron chi connectivity index (χ4n) is 4.82. The second kappa shape index (κ2) is 13.5. The Morgan fingerprint density at radius 1 is 1.05 bits per heavy atom. The highest BCUT2D eigenvalue weighted by Crippen LogP contribution is 2.40. The van der Waals surface area contributed by atoms with E-state index in [1.165, 1.54) is 0 Å². The average Bonchev–Trinajstić information content (AvgIpc) is 3.38. The third kappa shape index (κ3) is 7.11. The van der Waals surface area contributed by atoms with Crippen molar-refractivity contribution in [3.8, 4) is 22.4 Å². The minimum Gasteiger partial charge on any atom is -0.450 e. The normalized spacial score (nSPS) is 17.0. The lowest BCUT2D eigenvalue weighted by molar-refractivity contribution is 0.0424. The largest absolute Gasteiger partial charge is 0.503 e. The molecule has 3 heterocycles. The molecule has 1 fully saturated rings. The molecule has 3 aromatic heterocycles. The molecule has 1 aliphatic rings. The van der Waals surface area contributed by atoms with Crippen LogP contribution in [0, 0.1) is 5.92 Å². The van der Waals surface area contributed by atoms with Gasteiger partial charge in [0.25, 0.3) is 0 Å². The Morgan fingerprint density at radius 2 is 1.77 bits per heavy atom. The quantitative estimate of drug-likeness (QED) is 0.209. The van der Waals surface area contributed by atoms with Gasteiger partial charge in [-0.3, -0.25) is 4.98 Å². The SMILES string of the molecule is COCCOC[C@H]1CC[C@H](c2nc3c(-c4ccc(-c5ccccc5)nc4)cnn3c(N)c2Br)CC1.O=C(O)O. The van der Waals surface area contributed by atoms with E-state index in [2.05, 4.69) is 44.2 Å². The summed E-state index contributed by atoms with van der Waals surface area (Å²) in [7, 11) is 1.70. The van der Waals surface area contributed by atoms with Crippen molar-refractivity contribution in [1.82, 2.24) is 19.6 Å². The Morgan fingerprint density at radius 3 is 2.41 bits per heavy atom. The van der Waals surface area contributed by atoms with E-state index in [0.717, 1.165) is 70.5 Å². The van der Waals surface area contributed by atoms with Gasteiger partial charge in [-0.1, -0.05) is 36.4 Å². The Hall–Kier alpha value is -3.54. The number of halogens is 1. The zero-order chi connectivity index (χ0) is 27.8. The molecule has 0 spiro atoms. The first-order valence-corrected chi connectivity index (χ1v) is 13.5. The molecule has 39 heavy (non-hydrogen) atoms. The number of carboxylic acid groups (broad SMARTS) is 2. The molecule has 0 radical (unpaired) electrons. The summed E-state index contributed by atoms with van der Waals surface area (Å²) in [6.45, 7) is 2.09. The molecule has 0 bridgehead atoms. The number of hydrogen-bond donors (Lipinski definition) is 3. The number of anilines is 1. The zero-order valence-corrected chi connectivity index (χ0v) is 23.2. The minimum atomic E-state index is -1.83. The first-order valence-electron chi connectivity index (χ1n) is 12.7. The molecule has 206 valence electrons. The van der Waals surface area contributed by atoms with E-state index in [-0.39, 0.29) is 0 Å². The molecule has 1 aliphatic carbocycles. The standard InChI is InChI=1S/C27H30BrN5O2.CH2O3/c1-34-13-14-35-17-18-7-9-20(10-8-18)25-24(28)26(29)33-27(32-25)22(16-31-33)21-11-12-23(30-15-21)19-5-3-2-4-6-19;2-1(3)4/h2-6,11-12,15-16,18,20H,7-10,13-14,17,29H2,1H3;(H2,2,3,4)/t18-,20-;. The van der Waals surface area contributed by atoms with Crippen LogP contribution in [-0.4, -0.2) is 62.9 Å². The Balaban J connectivity index is 0.000000826. The predicted octanol–water partition coefficient (Wildman–Crippen LogP) is 5.96. The van der Waals surface area contributed by atoms with E-state index in [0.29, 0.717) is 30.9 Å². The smallest absolute Gasteiger partial charge is 0.450 e. The first-order chi connectivity index (χ1) is 18.9. The summed E-state index contributed by atoms with van der Waals surface area (Å²) in [6.07, 6.45) is 6.24. The third-order valence-electron chi connectivity index (χ3n) is 6.81. The van der Waals surface area contributed by atoms with Gasteiger partial charge in [-0.2, -0.15) is 9.61 Å². The van der Waals surface area contributed by atoms with Crippen molar-refractivity contribution in [2.45, 2.75) is 31.6 Å². The van der Waals surface area contributed by atoms with Crippen LogP contribution in [0.5, 0.6) is 0 Å². The number of rotatable bonds is 8. The number of pyridine rings is 1. The van der Waals surface area contributed by atoms with Crippen LogP contribution >= 0.6 is 15.9 Å². The number of benzene rings is 1. The highest BCUT2D eigenvalue weighted by Gasteiger charge is 2.27. The maximum absolute atomic E-state index is 8.56. The molecule has 1 aromatic carbocycles. The van der Waals surface area contributed by atoms with E-state index >= 15 is 0 Å². The van der Waals surface area contributed by atoms with E-state index in [4.69, 9.17) is 35.2 Å². The number of fused-ring (bicyclic) bond motifs is 1. The average molecular weight is 598 g/mol. The van der Waals surface area contributed by atoms with E-state index in [1.54, 1.807) is 11.6 Å². The zero-order valence-electron chi connectivity index (χ0n) is 21.7. The second-order valence-electron chi connectivity index (χ2n) is 9.36. The van der Waals surface area contributed by atoms with Gasteiger partial charge in [0.1, 0.15) is 5.82 Å². The van der Waals surface area contributed by atoms with Crippen LogP contribution in [0.4, 0.5) is 10.6 Å². The molecule has 11 heteroatoms. The van der Waals surface area contributed by atoms with Crippen LogP contribution in [0.2, 0.25) is 0 Å². The molecule has 1 saturated carbocycles. The number of carbonyl (C=O) groups is 1. The van der Waals surface area contributed by atoms with Crippen LogP contribution in [-0.2, 0) is 9.47 Å².